The highest BCUT2D eigenvalue weighted by atomic mass is 16.5. The van der Waals surface area contributed by atoms with Gasteiger partial charge in [-0.2, -0.15) is 0 Å². The minimum Gasteiger partial charge on any atom is -0.484 e. The number of rotatable bonds is 6. The third-order valence-corrected chi connectivity index (χ3v) is 5.87. The number of benzene rings is 1. The number of carbonyl (C=O) groups is 2. The third kappa shape index (κ3) is 5.20. The van der Waals surface area contributed by atoms with Crippen LogP contribution < -0.4 is 16.0 Å². The lowest BCUT2D eigenvalue weighted by Crippen LogP contribution is -2.45. The van der Waals surface area contributed by atoms with Gasteiger partial charge in [0.15, 0.2) is 6.61 Å². The van der Waals surface area contributed by atoms with Crippen molar-refractivity contribution in [3.63, 3.8) is 0 Å². The molecule has 2 N–H and O–H groups in total. The molecule has 1 aromatic carbocycles. The highest BCUT2D eigenvalue weighted by molar-refractivity contribution is 5.87. The van der Waals surface area contributed by atoms with Crippen LogP contribution in [0.1, 0.15) is 42.5 Å². The second-order valence-electron chi connectivity index (χ2n) is 8.43. The van der Waals surface area contributed by atoms with Crippen LogP contribution >= 0.6 is 0 Å². The lowest BCUT2D eigenvalue weighted by molar-refractivity contribution is -0.138. The van der Waals surface area contributed by atoms with Crippen molar-refractivity contribution < 1.29 is 14.3 Å². The van der Waals surface area contributed by atoms with Crippen LogP contribution in [0.25, 0.3) is 0 Å². The highest BCUT2D eigenvalue weighted by Gasteiger charge is 2.32. The lowest BCUT2D eigenvalue weighted by Gasteiger charge is -2.22. The maximum absolute atomic E-state index is 12.7. The number of nitrogens with two attached hydrogens (primary N) is 1. The first kappa shape index (κ1) is 21.7. The van der Waals surface area contributed by atoms with Gasteiger partial charge in [0.1, 0.15) is 11.8 Å². The lowest BCUT2D eigenvalue weighted by atomic mass is 10.1. The van der Waals surface area contributed by atoms with E-state index in [0.29, 0.717) is 31.2 Å². The number of amides is 2. The Morgan fingerprint density at radius 1 is 1.16 bits per heavy atom. The molecule has 2 aromatic rings. The van der Waals surface area contributed by atoms with Crippen molar-refractivity contribution in [2.24, 2.45) is 11.7 Å². The number of ether oxygens (including phenoxy) is 1. The van der Waals surface area contributed by atoms with Crippen LogP contribution in [0, 0.1) is 24.7 Å². The molecule has 0 radical (unpaired) electrons. The van der Waals surface area contributed by atoms with E-state index in [2.05, 4.69) is 11.8 Å². The molecule has 2 aliphatic rings. The van der Waals surface area contributed by atoms with E-state index in [0.717, 1.165) is 23.2 Å². The molecule has 4 rings (SSSR count). The Labute approximate surface area is 187 Å². The Morgan fingerprint density at radius 2 is 1.91 bits per heavy atom. The van der Waals surface area contributed by atoms with Crippen LogP contribution in [0.4, 0.5) is 0 Å². The maximum atomic E-state index is 12.7. The topological polar surface area (TPSA) is 94.6 Å². The highest BCUT2D eigenvalue weighted by Crippen LogP contribution is 2.27. The molecule has 0 spiro atoms. The summed E-state index contributed by atoms with van der Waals surface area (Å²) in [5, 5.41) is 0. The van der Waals surface area contributed by atoms with Crippen molar-refractivity contribution in [2.45, 2.75) is 45.2 Å². The molecule has 7 heteroatoms. The van der Waals surface area contributed by atoms with Gasteiger partial charge >= 0.3 is 0 Å². The smallest absolute Gasteiger partial charge is 0.261 e. The average Bonchev–Trinajstić information content (AvgIpc) is 3.46. The van der Waals surface area contributed by atoms with E-state index in [1.807, 2.05) is 31.2 Å². The van der Waals surface area contributed by atoms with Gasteiger partial charge in [0.05, 0.1) is 6.54 Å². The molecule has 1 aromatic heterocycles. The molecule has 7 nitrogen and oxygen atoms in total. The van der Waals surface area contributed by atoms with E-state index in [1.54, 1.807) is 10.6 Å². The summed E-state index contributed by atoms with van der Waals surface area (Å²) in [5.74, 6) is 6.51. The minimum atomic E-state index is -0.577. The molecular weight excluding hydrogens is 406 g/mol. The summed E-state index contributed by atoms with van der Waals surface area (Å²) in [6, 6.07) is 10.5. The Hall–Kier alpha value is -3.53. The molecule has 2 amide bonds. The molecule has 1 aliphatic carbocycles. The Morgan fingerprint density at radius 3 is 2.56 bits per heavy atom. The van der Waals surface area contributed by atoms with E-state index in [1.165, 1.54) is 23.8 Å². The van der Waals surface area contributed by atoms with Gasteiger partial charge in [0.25, 0.3) is 11.5 Å². The molecule has 32 heavy (non-hydrogen) atoms. The van der Waals surface area contributed by atoms with Gasteiger partial charge < -0.3 is 19.9 Å². The summed E-state index contributed by atoms with van der Waals surface area (Å²) in [7, 11) is 0. The standard InChI is InChI=1S/C25H27N3O4/c1-17-13-21(32-16-24(30)27-12-2-3-22(27)25(26)31)14-23(29)28(17)15-20-10-8-19(9-11-20)7-6-18-4-5-18/h8-11,13-14,18,22H,2-5,12,15-16H2,1H3,(H2,26,31)/t22-/m1/s1. The quantitative estimate of drug-likeness (QED) is 0.703. The van der Waals surface area contributed by atoms with Crippen LogP contribution in [0.15, 0.2) is 41.2 Å². The first-order valence-corrected chi connectivity index (χ1v) is 10.9. The first-order valence-electron chi connectivity index (χ1n) is 10.9. The Kier molecular flexibility index (Phi) is 6.31. The average molecular weight is 434 g/mol. The van der Waals surface area contributed by atoms with Crippen LogP contribution in [0.3, 0.4) is 0 Å². The number of pyridine rings is 1. The second kappa shape index (κ2) is 9.31. The number of hydrogen-bond donors (Lipinski definition) is 1. The van der Waals surface area contributed by atoms with E-state index in [-0.39, 0.29) is 18.1 Å². The molecule has 166 valence electrons. The Balaban J connectivity index is 1.38. The molecule has 1 saturated carbocycles. The number of nitrogens with zero attached hydrogens (tertiary/aromatic N) is 2. The van der Waals surface area contributed by atoms with Crippen LogP contribution in [-0.4, -0.2) is 40.5 Å². The van der Waals surface area contributed by atoms with Crippen molar-refractivity contribution in [1.82, 2.24) is 9.47 Å². The third-order valence-electron chi connectivity index (χ3n) is 5.87. The van der Waals surface area contributed by atoms with E-state index >= 15 is 0 Å². The van der Waals surface area contributed by atoms with Crippen LogP contribution in [-0.2, 0) is 16.1 Å². The first-order chi connectivity index (χ1) is 15.4. The van der Waals surface area contributed by atoms with Gasteiger partial charge in [-0.1, -0.05) is 24.0 Å². The van der Waals surface area contributed by atoms with Crippen LogP contribution in [0.5, 0.6) is 5.75 Å². The maximum Gasteiger partial charge on any atom is 0.261 e. The number of aromatic nitrogens is 1. The molecule has 2 fully saturated rings. The van der Waals surface area contributed by atoms with Gasteiger partial charge in [-0.05, 0) is 56.4 Å². The van der Waals surface area contributed by atoms with Crippen molar-refractivity contribution in [2.75, 3.05) is 13.2 Å². The second-order valence-corrected chi connectivity index (χ2v) is 8.43. The summed E-state index contributed by atoms with van der Waals surface area (Å²) in [6.07, 6.45) is 3.72. The number of hydrogen-bond acceptors (Lipinski definition) is 4. The van der Waals surface area contributed by atoms with Crippen molar-refractivity contribution in [3.8, 4) is 17.6 Å². The zero-order valence-corrected chi connectivity index (χ0v) is 18.2. The fraction of sp³-hybridized carbons (Fsp3) is 0.400. The molecule has 0 bridgehead atoms. The predicted molar refractivity (Wildman–Crippen MR) is 120 cm³/mol. The van der Waals surface area contributed by atoms with Crippen LogP contribution in [0.2, 0.25) is 0 Å². The normalized spacial score (nSPS) is 17.5. The monoisotopic (exact) mass is 433 g/mol. The summed E-state index contributed by atoms with van der Waals surface area (Å²) < 4.78 is 7.23. The predicted octanol–water partition coefficient (Wildman–Crippen LogP) is 1.82. The summed E-state index contributed by atoms with van der Waals surface area (Å²) in [4.78, 5) is 38.0. The van der Waals surface area contributed by atoms with Crippen molar-refractivity contribution in [1.29, 1.82) is 0 Å². The van der Waals surface area contributed by atoms with Crippen molar-refractivity contribution >= 4 is 11.8 Å². The summed E-state index contributed by atoms with van der Waals surface area (Å²) in [6.45, 7) is 2.51. The number of primary amides is 1. The fourth-order valence-corrected chi connectivity index (χ4v) is 3.86. The largest absolute Gasteiger partial charge is 0.484 e. The van der Waals surface area contributed by atoms with Crippen molar-refractivity contribution in [3.05, 3.63) is 63.6 Å². The molecule has 2 heterocycles. The zero-order valence-electron chi connectivity index (χ0n) is 18.2. The van der Waals surface area contributed by atoms with Gasteiger partial charge in [-0.25, -0.2) is 0 Å². The molecule has 1 saturated heterocycles. The van der Waals surface area contributed by atoms with Gasteiger partial charge in [-0.3, -0.25) is 14.4 Å². The number of likely N-dealkylation sites (tertiary alicyclic amines) is 1. The SMILES string of the molecule is Cc1cc(OCC(=O)N2CCC[C@@H]2C(N)=O)cc(=O)n1Cc1ccc(C#CC2CC2)cc1. The molecular formula is C25H27N3O4. The number of carbonyl (C=O) groups excluding carboxylic acids is 2. The van der Waals surface area contributed by atoms with Gasteiger partial charge in [0, 0.05) is 29.8 Å². The molecule has 1 atom stereocenters. The number of aryl methyl sites for hydroxylation is 1. The Bertz CT molecular complexity index is 1140. The van der Waals surface area contributed by atoms with E-state index < -0.39 is 11.9 Å². The fourth-order valence-electron chi connectivity index (χ4n) is 3.86. The summed E-state index contributed by atoms with van der Waals surface area (Å²) >= 11 is 0. The van der Waals surface area contributed by atoms with Gasteiger partial charge in [-0.15, -0.1) is 0 Å². The van der Waals surface area contributed by atoms with E-state index in [9.17, 15) is 14.4 Å². The minimum absolute atomic E-state index is 0.207. The van der Waals surface area contributed by atoms with E-state index in [4.69, 9.17) is 10.5 Å². The summed E-state index contributed by atoms with van der Waals surface area (Å²) in [5.41, 5.74) is 7.87. The van der Waals surface area contributed by atoms with Gasteiger partial charge in [0.2, 0.25) is 5.91 Å². The molecule has 1 aliphatic heterocycles. The molecule has 0 unspecified atom stereocenters. The zero-order chi connectivity index (χ0) is 22.7.